The van der Waals surface area contributed by atoms with Gasteiger partial charge in [0.25, 0.3) is 0 Å². The highest BCUT2D eigenvalue weighted by Gasteiger charge is 2.78. The molecule has 4 rings (SSSR count). The summed E-state index contributed by atoms with van der Waals surface area (Å²) in [7, 11) is 3.68. The molecule has 10 N–H and O–H groups in total. The molecule has 274 valence electrons. The molecule has 0 saturated carbocycles. The number of primary amides is 1. The monoisotopic (exact) mass is 743 g/mol. The maximum atomic E-state index is 13.3. The number of ether oxygens (including phenoxy) is 3. The Bertz CT molecular complexity index is 1550. The molecule has 5 unspecified atom stereocenters. The van der Waals surface area contributed by atoms with Crippen molar-refractivity contribution in [2.45, 2.75) is 49.7 Å². The van der Waals surface area contributed by atoms with Crippen LogP contribution in [0.25, 0.3) is 0 Å². The van der Waals surface area contributed by atoms with Gasteiger partial charge in [0.15, 0.2) is 5.72 Å². The van der Waals surface area contributed by atoms with E-state index in [1.165, 1.54) is 29.7 Å². The molecule has 0 spiro atoms. The molecule has 6 atom stereocenters. The highest BCUT2D eigenvalue weighted by molar-refractivity contribution is 8.76. The average molecular weight is 744 g/mol. The Hall–Kier alpha value is -4.54. The largest absolute Gasteiger partial charge is 0.480 e. The Labute approximate surface area is 292 Å². The van der Waals surface area contributed by atoms with Gasteiger partial charge in [-0.25, -0.2) is 9.59 Å². The number of carbonyl (C=O) groups excluding carboxylic acids is 6. The molecular formula is C28H37N7O13S2. The van der Waals surface area contributed by atoms with Crippen LogP contribution in [0.1, 0.15) is 19.8 Å². The van der Waals surface area contributed by atoms with Crippen molar-refractivity contribution in [1.29, 1.82) is 0 Å². The second kappa shape index (κ2) is 15.6. The predicted octanol–water partition coefficient (Wildman–Crippen LogP) is -2.54. The van der Waals surface area contributed by atoms with Crippen LogP contribution in [0.3, 0.4) is 0 Å². The zero-order chi connectivity index (χ0) is 37.1. The number of carboxylic acid groups (broad SMARTS) is 2. The van der Waals surface area contributed by atoms with Crippen molar-refractivity contribution in [3.05, 3.63) is 22.5 Å². The van der Waals surface area contributed by atoms with Crippen LogP contribution in [0.2, 0.25) is 0 Å². The minimum Gasteiger partial charge on any atom is -0.480 e. The van der Waals surface area contributed by atoms with Crippen LogP contribution in [-0.2, 0) is 43.0 Å². The van der Waals surface area contributed by atoms with Crippen LogP contribution in [0.5, 0.6) is 0 Å². The van der Waals surface area contributed by atoms with Crippen molar-refractivity contribution >= 4 is 69.1 Å². The number of methoxy groups -OCH3 is 1. The zero-order valence-electron chi connectivity index (χ0n) is 26.9. The molecule has 2 fully saturated rings. The maximum absolute atomic E-state index is 13.3. The first-order valence-electron chi connectivity index (χ1n) is 15.1. The molecule has 22 heteroatoms. The number of nitrogens with two attached hydrogens (primary N) is 3. The number of hydrogen-bond donors (Lipinski definition) is 7. The number of piperazine rings is 1. The van der Waals surface area contributed by atoms with Gasteiger partial charge in [0.05, 0.1) is 23.4 Å². The van der Waals surface area contributed by atoms with Gasteiger partial charge in [-0.3, -0.25) is 33.7 Å². The third-order valence-electron chi connectivity index (χ3n) is 8.67. The number of amides is 4. The molecule has 3 aliphatic heterocycles. The first kappa shape index (κ1) is 38.3. The summed E-state index contributed by atoms with van der Waals surface area (Å²) in [5.74, 6) is -5.86. The van der Waals surface area contributed by atoms with Crippen molar-refractivity contribution in [1.82, 2.24) is 20.4 Å². The summed E-state index contributed by atoms with van der Waals surface area (Å²) in [6.07, 6.45) is -2.27. The zero-order valence-corrected chi connectivity index (χ0v) is 28.5. The molecule has 20 nitrogen and oxygen atoms in total. The summed E-state index contributed by atoms with van der Waals surface area (Å²) in [4.78, 5) is 101. The van der Waals surface area contributed by atoms with E-state index in [4.69, 9.17) is 41.6 Å². The molecule has 4 aliphatic rings. The van der Waals surface area contributed by atoms with Gasteiger partial charge in [0.1, 0.15) is 37.9 Å². The van der Waals surface area contributed by atoms with Gasteiger partial charge in [-0.15, -0.1) is 0 Å². The third-order valence-corrected chi connectivity index (χ3v) is 11.1. The molecule has 2 saturated heterocycles. The van der Waals surface area contributed by atoms with Crippen molar-refractivity contribution in [2.24, 2.45) is 23.1 Å². The Morgan fingerprint density at radius 3 is 2.42 bits per heavy atom. The van der Waals surface area contributed by atoms with E-state index in [1.807, 2.05) is 0 Å². The molecule has 1 aliphatic carbocycles. The van der Waals surface area contributed by atoms with Crippen molar-refractivity contribution in [3.63, 3.8) is 0 Å². The summed E-state index contributed by atoms with van der Waals surface area (Å²) in [5.41, 5.74) is 15.0. The number of nitrogens with one attached hydrogen (secondary N) is 2. The number of Topliss-reactive ketones (excluding diaryl/α,β-unsaturated/α-hetero) is 2. The SMILES string of the molecule is CO[C@@]12C(COC(N)=O)C3=C(C(=O)C(C)=C(N)C3=O)N1CC1C2N1C(=O)OCCSSCC(NC(=O)CCC(N)C(=O)O)C(=O)NCC(=O)O. The van der Waals surface area contributed by atoms with Crippen molar-refractivity contribution in [2.75, 3.05) is 44.9 Å². The van der Waals surface area contributed by atoms with Gasteiger partial charge < -0.3 is 57.2 Å². The average Bonchev–Trinajstić information content (AvgIpc) is 3.58. The van der Waals surface area contributed by atoms with Gasteiger partial charge >= 0.3 is 24.1 Å². The normalized spacial score (nSPS) is 24.6. The molecule has 0 bridgehead atoms. The summed E-state index contributed by atoms with van der Waals surface area (Å²) in [5, 5.41) is 22.4. The van der Waals surface area contributed by atoms with Gasteiger partial charge in [-0.2, -0.15) is 0 Å². The first-order chi connectivity index (χ1) is 23.6. The second-order valence-corrected chi connectivity index (χ2v) is 14.2. The van der Waals surface area contributed by atoms with Gasteiger partial charge in [0, 0.05) is 42.7 Å². The van der Waals surface area contributed by atoms with E-state index in [9.17, 15) is 38.4 Å². The third kappa shape index (κ3) is 7.46. The van der Waals surface area contributed by atoms with E-state index in [0.717, 1.165) is 10.8 Å². The number of ketones is 2. The Kier molecular flexibility index (Phi) is 11.9. The molecule has 3 heterocycles. The Morgan fingerprint density at radius 2 is 1.80 bits per heavy atom. The lowest BCUT2D eigenvalue weighted by atomic mass is 9.82. The van der Waals surface area contributed by atoms with Crippen molar-refractivity contribution in [3.8, 4) is 0 Å². The van der Waals surface area contributed by atoms with Gasteiger partial charge in [-0.05, 0) is 13.3 Å². The topological polar surface area (TPSA) is 313 Å². The molecule has 0 aromatic heterocycles. The van der Waals surface area contributed by atoms with Gasteiger partial charge in [0.2, 0.25) is 23.4 Å². The fraction of sp³-hybridized carbons (Fsp3) is 0.571. The van der Waals surface area contributed by atoms with Crippen LogP contribution >= 0.6 is 21.6 Å². The number of rotatable bonds is 17. The highest BCUT2D eigenvalue weighted by atomic mass is 33.1. The highest BCUT2D eigenvalue weighted by Crippen LogP contribution is 2.59. The molecule has 0 aromatic carbocycles. The van der Waals surface area contributed by atoms with Crippen LogP contribution in [0.4, 0.5) is 9.59 Å². The van der Waals surface area contributed by atoms with Crippen LogP contribution in [-0.4, -0.2) is 142 Å². The number of aliphatic carboxylic acids is 2. The molecular weight excluding hydrogens is 706 g/mol. The summed E-state index contributed by atoms with van der Waals surface area (Å²) in [6, 6.07) is -3.57. The smallest absolute Gasteiger partial charge is 0.410 e. The minimum atomic E-state index is -1.45. The lowest BCUT2D eigenvalue weighted by molar-refractivity contribution is -0.144. The van der Waals surface area contributed by atoms with E-state index >= 15 is 0 Å². The number of hydrogen-bond acceptors (Lipinski definition) is 16. The molecule has 50 heavy (non-hydrogen) atoms. The fourth-order valence-corrected chi connectivity index (χ4v) is 8.27. The van der Waals surface area contributed by atoms with Crippen LogP contribution < -0.4 is 27.8 Å². The number of nitrogens with zero attached hydrogens (tertiary/aromatic N) is 2. The lowest BCUT2D eigenvalue weighted by Crippen LogP contribution is -2.56. The van der Waals surface area contributed by atoms with Crippen molar-refractivity contribution < 1.29 is 62.8 Å². The fourth-order valence-electron chi connectivity index (χ4n) is 6.28. The quantitative estimate of drug-likeness (QED) is 0.0349. The standard InChI is InChI=1S/C28H37N7O13S2/c1-11-19(30)22(40)18-12(9-48-26(31)44)28(46-2)23-15(8-34(28)20(18)21(11)39)35(23)27(45)47-5-6-49-50-10-14(24(41)32-7-17(37)38)33-16(36)4-3-13(29)25(42)43/h12-15,23H,3-10,29-30H2,1-2H3,(H2,31,44)(H,32,41)(H,33,36)(H,37,38)(H,42,43)/t12?,13?,14?,15?,23?,28-,35?/m1/s1. The molecule has 0 radical (unpaired) electrons. The van der Waals surface area contributed by atoms with Gasteiger partial charge in [-0.1, -0.05) is 21.6 Å². The predicted molar refractivity (Wildman–Crippen MR) is 172 cm³/mol. The van der Waals surface area contributed by atoms with E-state index < -0.39 is 96.5 Å². The Balaban J connectivity index is 1.32. The number of allylic oxidation sites excluding steroid dienone is 2. The van der Waals surface area contributed by atoms with E-state index in [1.54, 1.807) is 4.90 Å². The summed E-state index contributed by atoms with van der Waals surface area (Å²) >= 11 is 0. The van der Waals surface area contributed by atoms with E-state index in [0.29, 0.717) is 0 Å². The first-order valence-corrected chi connectivity index (χ1v) is 17.6. The number of carboxylic acids is 2. The van der Waals surface area contributed by atoms with Crippen LogP contribution in [0, 0.1) is 5.92 Å². The molecule has 4 amide bonds. The second-order valence-electron chi connectivity index (χ2n) is 11.6. The number of carbonyl (C=O) groups is 8. The minimum absolute atomic E-state index is 0.00796. The summed E-state index contributed by atoms with van der Waals surface area (Å²) < 4.78 is 16.5. The maximum Gasteiger partial charge on any atom is 0.410 e. The number of fused-ring (bicyclic) bond motifs is 4. The lowest BCUT2D eigenvalue weighted by Gasteiger charge is -2.40. The van der Waals surface area contributed by atoms with Crippen LogP contribution in [0.15, 0.2) is 22.5 Å². The molecule has 0 aromatic rings. The van der Waals surface area contributed by atoms with E-state index in [-0.39, 0.29) is 60.0 Å². The van der Waals surface area contributed by atoms with E-state index in [2.05, 4.69) is 10.6 Å². The Morgan fingerprint density at radius 1 is 1.10 bits per heavy atom. The summed E-state index contributed by atoms with van der Waals surface area (Å²) in [6.45, 7) is 0.373.